The van der Waals surface area contributed by atoms with Crippen molar-refractivity contribution < 1.29 is 14.3 Å². The molecule has 0 atom stereocenters. The van der Waals surface area contributed by atoms with Crippen molar-refractivity contribution in [3.63, 3.8) is 0 Å². The minimum absolute atomic E-state index is 0.133. The van der Waals surface area contributed by atoms with Gasteiger partial charge in [-0.05, 0) is 24.6 Å². The topological polar surface area (TPSA) is 81.4 Å². The molecular weight excluding hydrogens is 300 g/mol. The van der Waals surface area contributed by atoms with Crippen LogP contribution in [0.3, 0.4) is 0 Å². The molecule has 0 aliphatic carbocycles. The van der Waals surface area contributed by atoms with Gasteiger partial charge in [-0.15, -0.1) is 0 Å². The molecule has 0 fully saturated rings. The molecule has 6 heteroatoms. The lowest BCUT2D eigenvalue weighted by Crippen LogP contribution is -2.29. The van der Waals surface area contributed by atoms with Gasteiger partial charge >= 0.3 is 0 Å². The molecule has 5 nitrogen and oxygen atoms in total. The Hall–Kier alpha value is -1.40. The zero-order valence-corrected chi connectivity index (χ0v) is 11.6. The second-order valence-electron chi connectivity index (χ2n) is 3.69. The summed E-state index contributed by atoms with van der Waals surface area (Å²) in [6.07, 6.45) is 0. The number of nitrogens with two attached hydrogens (primary N) is 1. The number of primary amides is 1. The maximum Gasteiger partial charge on any atom is 0.251 e. The molecule has 0 aliphatic heterocycles. The van der Waals surface area contributed by atoms with Crippen molar-refractivity contribution in [1.82, 2.24) is 5.32 Å². The molecule has 0 radical (unpaired) electrons. The lowest BCUT2D eigenvalue weighted by atomic mass is 10.1. The number of hydrogen-bond donors (Lipinski definition) is 2. The summed E-state index contributed by atoms with van der Waals surface area (Å²) in [5, 5.41) is 2.70. The first-order chi connectivity index (χ1) is 8.52. The minimum Gasteiger partial charge on any atom is -0.370 e. The number of ether oxygens (including phenoxy) is 1. The summed E-state index contributed by atoms with van der Waals surface area (Å²) in [7, 11) is 0. The Bertz CT molecular complexity index is 449. The first kappa shape index (κ1) is 14.7. The summed E-state index contributed by atoms with van der Waals surface area (Å²) in [5.74, 6) is -0.694. The van der Waals surface area contributed by atoms with Gasteiger partial charge < -0.3 is 15.8 Å². The van der Waals surface area contributed by atoms with Gasteiger partial charge in [0, 0.05) is 16.6 Å². The molecule has 18 heavy (non-hydrogen) atoms. The molecule has 98 valence electrons. The highest BCUT2D eigenvalue weighted by Crippen LogP contribution is 2.19. The maximum absolute atomic E-state index is 11.8. The molecule has 2 amide bonds. The van der Waals surface area contributed by atoms with Crippen LogP contribution in [0, 0.1) is 6.92 Å². The highest BCUT2D eigenvalue weighted by molar-refractivity contribution is 9.10. The van der Waals surface area contributed by atoms with E-state index in [4.69, 9.17) is 10.5 Å². The third-order valence-electron chi connectivity index (χ3n) is 2.29. The van der Waals surface area contributed by atoms with Crippen LogP contribution in [-0.4, -0.2) is 31.6 Å². The lowest BCUT2D eigenvalue weighted by Gasteiger charge is -2.08. The number of carbonyl (C=O) groups excluding carboxylic acids is 2. The van der Waals surface area contributed by atoms with Crippen molar-refractivity contribution in [3.8, 4) is 0 Å². The molecule has 1 rings (SSSR count). The molecule has 0 spiro atoms. The quantitative estimate of drug-likeness (QED) is 0.768. The fourth-order valence-corrected chi connectivity index (χ4v) is 1.72. The van der Waals surface area contributed by atoms with Gasteiger partial charge in [-0.1, -0.05) is 22.0 Å². The van der Waals surface area contributed by atoms with E-state index in [1.54, 1.807) is 12.1 Å². The van der Waals surface area contributed by atoms with Crippen LogP contribution in [0.1, 0.15) is 15.9 Å². The zero-order chi connectivity index (χ0) is 13.5. The van der Waals surface area contributed by atoms with Crippen LogP contribution in [-0.2, 0) is 9.53 Å². The second kappa shape index (κ2) is 7.13. The number of benzene rings is 1. The van der Waals surface area contributed by atoms with Crippen molar-refractivity contribution in [2.24, 2.45) is 5.73 Å². The molecule has 1 aromatic rings. The van der Waals surface area contributed by atoms with E-state index >= 15 is 0 Å². The van der Waals surface area contributed by atoms with E-state index in [9.17, 15) is 9.59 Å². The highest BCUT2D eigenvalue weighted by Gasteiger charge is 2.09. The third kappa shape index (κ3) is 4.46. The Morgan fingerprint density at radius 3 is 2.83 bits per heavy atom. The van der Waals surface area contributed by atoms with Crippen LogP contribution in [0.2, 0.25) is 0 Å². The summed E-state index contributed by atoms with van der Waals surface area (Å²) >= 11 is 3.37. The van der Waals surface area contributed by atoms with Gasteiger partial charge in [0.15, 0.2) is 0 Å². The smallest absolute Gasteiger partial charge is 0.251 e. The third-order valence-corrected chi connectivity index (χ3v) is 3.15. The number of hydrogen-bond acceptors (Lipinski definition) is 3. The molecule has 0 saturated carbocycles. The molecule has 0 aromatic heterocycles. The van der Waals surface area contributed by atoms with Crippen LogP contribution >= 0.6 is 15.9 Å². The van der Waals surface area contributed by atoms with Crippen LogP contribution in [0.5, 0.6) is 0 Å². The van der Waals surface area contributed by atoms with E-state index in [0.717, 1.165) is 10.0 Å². The number of halogens is 1. The zero-order valence-electron chi connectivity index (χ0n) is 10.0. The molecule has 0 aliphatic rings. The minimum atomic E-state index is -0.524. The van der Waals surface area contributed by atoms with Crippen molar-refractivity contribution in [2.75, 3.05) is 19.8 Å². The van der Waals surface area contributed by atoms with Gasteiger partial charge in [0.05, 0.1) is 6.61 Å². The van der Waals surface area contributed by atoms with Gasteiger partial charge in [0.1, 0.15) is 6.61 Å². The average molecular weight is 315 g/mol. The average Bonchev–Trinajstić information content (AvgIpc) is 2.31. The van der Waals surface area contributed by atoms with Crippen molar-refractivity contribution in [3.05, 3.63) is 33.8 Å². The fourth-order valence-electron chi connectivity index (χ4n) is 1.36. The summed E-state index contributed by atoms with van der Waals surface area (Å²) in [6, 6.07) is 5.43. The van der Waals surface area contributed by atoms with Crippen LogP contribution in [0.25, 0.3) is 0 Å². The summed E-state index contributed by atoms with van der Waals surface area (Å²) in [6.45, 7) is 2.31. The first-order valence-corrected chi connectivity index (χ1v) is 6.21. The number of carbonyl (C=O) groups is 2. The molecular formula is C12H15BrN2O3. The summed E-state index contributed by atoms with van der Waals surface area (Å²) in [5.41, 5.74) is 6.40. The predicted molar refractivity (Wildman–Crippen MR) is 71.2 cm³/mol. The maximum atomic E-state index is 11.8. The normalized spacial score (nSPS) is 10.1. The van der Waals surface area contributed by atoms with Crippen molar-refractivity contribution in [2.45, 2.75) is 6.92 Å². The van der Waals surface area contributed by atoms with E-state index in [1.807, 2.05) is 13.0 Å². The van der Waals surface area contributed by atoms with Gasteiger partial charge in [0.25, 0.3) is 5.91 Å². The van der Waals surface area contributed by atoms with Crippen LogP contribution < -0.4 is 11.1 Å². The van der Waals surface area contributed by atoms with Gasteiger partial charge in [-0.3, -0.25) is 9.59 Å². The van der Waals surface area contributed by atoms with E-state index < -0.39 is 5.91 Å². The first-order valence-electron chi connectivity index (χ1n) is 5.41. The number of rotatable bonds is 6. The van der Waals surface area contributed by atoms with Gasteiger partial charge in [-0.25, -0.2) is 0 Å². The highest BCUT2D eigenvalue weighted by atomic mass is 79.9. The van der Waals surface area contributed by atoms with Crippen LogP contribution in [0.15, 0.2) is 22.7 Å². The summed E-state index contributed by atoms with van der Waals surface area (Å²) in [4.78, 5) is 22.2. The monoisotopic (exact) mass is 314 g/mol. The lowest BCUT2D eigenvalue weighted by molar-refractivity contribution is -0.122. The Kier molecular flexibility index (Phi) is 5.80. The largest absolute Gasteiger partial charge is 0.370 e. The van der Waals surface area contributed by atoms with Crippen molar-refractivity contribution in [1.29, 1.82) is 0 Å². The molecule has 1 aromatic carbocycles. The van der Waals surface area contributed by atoms with Gasteiger partial charge in [-0.2, -0.15) is 0 Å². The van der Waals surface area contributed by atoms with E-state index in [0.29, 0.717) is 12.1 Å². The van der Waals surface area contributed by atoms with E-state index in [1.165, 1.54) is 0 Å². The van der Waals surface area contributed by atoms with E-state index in [2.05, 4.69) is 21.2 Å². The van der Waals surface area contributed by atoms with Crippen LogP contribution in [0.4, 0.5) is 0 Å². The molecule has 3 N–H and O–H groups in total. The molecule has 0 bridgehead atoms. The second-order valence-corrected chi connectivity index (χ2v) is 4.54. The van der Waals surface area contributed by atoms with Crippen molar-refractivity contribution >= 4 is 27.7 Å². The standard InChI is InChI=1S/C12H15BrN2O3/c1-8-9(3-2-4-10(8)13)12(17)15-5-6-18-7-11(14)16/h2-4H,5-7H2,1H3,(H2,14,16)(H,15,17). The Morgan fingerprint density at radius 1 is 1.44 bits per heavy atom. The Morgan fingerprint density at radius 2 is 2.17 bits per heavy atom. The molecule has 0 heterocycles. The molecule has 0 saturated heterocycles. The SMILES string of the molecule is Cc1c(Br)cccc1C(=O)NCCOCC(N)=O. The van der Waals surface area contributed by atoms with Gasteiger partial charge in [0.2, 0.25) is 5.91 Å². The number of amides is 2. The Labute approximate surface area is 114 Å². The Balaban J connectivity index is 2.41. The fraction of sp³-hybridized carbons (Fsp3) is 0.333. The number of nitrogens with one attached hydrogen (secondary N) is 1. The summed E-state index contributed by atoms with van der Waals surface area (Å²) < 4.78 is 5.83. The van der Waals surface area contributed by atoms with E-state index in [-0.39, 0.29) is 19.1 Å². The predicted octanol–water partition coefficient (Wildman–Crippen LogP) is 0.989. The molecule has 0 unspecified atom stereocenters.